The van der Waals surface area contributed by atoms with Gasteiger partial charge in [0.15, 0.2) is 6.61 Å². The van der Waals surface area contributed by atoms with Gasteiger partial charge >= 0.3 is 5.97 Å². The molecule has 0 aliphatic heterocycles. The van der Waals surface area contributed by atoms with E-state index in [-0.39, 0.29) is 12.5 Å². The highest BCUT2D eigenvalue weighted by Crippen LogP contribution is 2.37. The van der Waals surface area contributed by atoms with Crippen LogP contribution in [0.5, 0.6) is 17.2 Å². The van der Waals surface area contributed by atoms with E-state index in [1.165, 1.54) is 17.6 Å². The van der Waals surface area contributed by atoms with Crippen LogP contribution < -0.4 is 19.6 Å². The Morgan fingerprint density at radius 1 is 0.972 bits per heavy atom. The van der Waals surface area contributed by atoms with Crippen molar-refractivity contribution in [1.82, 2.24) is 5.43 Å². The maximum absolute atomic E-state index is 12.7. The zero-order valence-electron chi connectivity index (χ0n) is 19.8. The second-order valence-corrected chi connectivity index (χ2v) is 9.32. The molecule has 4 aromatic rings. The number of fused-ring (bicyclic) bond motifs is 1. The monoisotopic (exact) mass is 522 g/mol. The van der Waals surface area contributed by atoms with Crippen LogP contribution in [0.2, 0.25) is 5.02 Å². The van der Waals surface area contributed by atoms with Gasteiger partial charge in [-0.15, -0.1) is 11.3 Å². The lowest BCUT2D eigenvalue weighted by Gasteiger charge is -2.07. The molecule has 0 radical (unpaired) electrons. The largest absolute Gasteiger partial charge is 0.497 e. The minimum Gasteiger partial charge on any atom is -0.497 e. The number of methoxy groups -OCH3 is 1. The molecule has 0 saturated heterocycles. The number of nitrogens with one attached hydrogen (secondary N) is 1. The fourth-order valence-corrected chi connectivity index (χ4v) is 4.66. The molecule has 1 amide bonds. The number of rotatable bonds is 8. The Morgan fingerprint density at radius 2 is 1.69 bits per heavy atom. The molecule has 184 valence electrons. The Labute approximate surface area is 217 Å². The van der Waals surface area contributed by atoms with Crippen LogP contribution >= 0.6 is 22.9 Å². The summed E-state index contributed by atoms with van der Waals surface area (Å²) in [5.41, 5.74) is 5.37. The number of hydrogen-bond donors (Lipinski definition) is 1. The maximum Gasteiger partial charge on any atom is 0.355 e. The molecule has 0 spiro atoms. The van der Waals surface area contributed by atoms with Gasteiger partial charge in [-0.25, -0.2) is 10.2 Å². The second kappa shape index (κ2) is 11.2. The summed E-state index contributed by atoms with van der Waals surface area (Å²) >= 11 is 7.64. The molecule has 0 saturated carbocycles. The van der Waals surface area contributed by atoms with Crippen LogP contribution in [-0.2, 0) is 4.79 Å². The number of hydrogen-bond acceptors (Lipinski definition) is 7. The van der Waals surface area contributed by atoms with Gasteiger partial charge in [0.2, 0.25) is 0 Å². The number of hydrazone groups is 1. The quantitative estimate of drug-likeness (QED) is 0.134. The summed E-state index contributed by atoms with van der Waals surface area (Å²) in [5, 5.41) is 5.05. The molecule has 7 nitrogen and oxygen atoms in total. The first-order chi connectivity index (χ1) is 17.3. The summed E-state index contributed by atoms with van der Waals surface area (Å²) < 4.78 is 17.0. The van der Waals surface area contributed by atoms with Crippen LogP contribution in [0, 0.1) is 13.8 Å². The Kier molecular flexibility index (Phi) is 7.87. The SMILES string of the molecule is COc1ccc2c(Cl)c(C(=O)Oc3ccc(C=NNC(=O)COc4ccc(C)c(C)c4)cc3)sc2c1. The van der Waals surface area contributed by atoms with Gasteiger partial charge in [0, 0.05) is 10.1 Å². The van der Waals surface area contributed by atoms with Gasteiger partial charge in [0.1, 0.15) is 22.1 Å². The molecule has 0 fully saturated rings. The molecule has 1 N–H and O–H groups in total. The number of nitrogens with zero attached hydrogens (tertiary/aromatic N) is 1. The number of thiophene rings is 1. The zero-order chi connectivity index (χ0) is 25.7. The average Bonchev–Trinajstić information content (AvgIpc) is 3.21. The fourth-order valence-electron chi connectivity index (χ4n) is 3.24. The van der Waals surface area contributed by atoms with Gasteiger partial charge in [-0.3, -0.25) is 4.79 Å². The van der Waals surface area contributed by atoms with Crippen molar-refractivity contribution >= 4 is 51.1 Å². The minimum absolute atomic E-state index is 0.151. The normalized spacial score (nSPS) is 11.0. The Bertz CT molecular complexity index is 1450. The molecule has 1 aromatic heterocycles. The standard InChI is InChI=1S/C27H23ClN2O5S/c1-16-4-7-21(12-17(16)2)34-15-24(31)30-29-14-18-5-8-19(9-6-18)35-27(32)26-25(28)22-11-10-20(33-3)13-23(22)36-26/h4-14H,15H2,1-3H3,(H,30,31). The van der Waals surface area contributed by atoms with Crippen molar-refractivity contribution in [3.05, 3.63) is 87.3 Å². The number of carbonyl (C=O) groups excluding carboxylic acids is 2. The lowest BCUT2D eigenvalue weighted by atomic mass is 10.1. The first kappa shape index (κ1) is 25.2. The third-order valence-electron chi connectivity index (χ3n) is 5.36. The van der Waals surface area contributed by atoms with E-state index in [0.717, 1.165) is 21.2 Å². The number of ether oxygens (including phenoxy) is 3. The number of halogens is 1. The lowest BCUT2D eigenvalue weighted by Crippen LogP contribution is -2.24. The van der Waals surface area contributed by atoms with Crippen LogP contribution in [0.25, 0.3) is 10.1 Å². The summed E-state index contributed by atoms with van der Waals surface area (Å²) in [6.45, 7) is 3.84. The highest BCUT2D eigenvalue weighted by Gasteiger charge is 2.19. The lowest BCUT2D eigenvalue weighted by molar-refractivity contribution is -0.123. The first-order valence-corrected chi connectivity index (χ1v) is 12.1. The van der Waals surface area contributed by atoms with Crippen molar-refractivity contribution in [3.63, 3.8) is 0 Å². The van der Waals surface area contributed by atoms with Crippen molar-refractivity contribution in [3.8, 4) is 17.2 Å². The topological polar surface area (TPSA) is 86.2 Å². The molecule has 3 aromatic carbocycles. The molecule has 0 aliphatic carbocycles. The molecule has 0 bridgehead atoms. The van der Waals surface area contributed by atoms with Crippen LogP contribution in [0.15, 0.2) is 65.8 Å². The molecule has 9 heteroatoms. The van der Waals surface area contributed by atoms with Crippen LogP contribution in [0.4, 0.5) is 0 Å². The van der Waals surface area contributed by atoms with Gasteiger partial charge in [-0.05, 0) is 85.1 Å². The summed E-state index contributed by atoms with van der Waals surface area (Å²) in [5.74, 6) is 0.737. The van der Waals surface area contributed by atoms with E-state index >= 15 is 0 Å². The zero-order valence-corrected chi connectivity index (χ0v) is 21.4. The molecule has 4 rings (SSSR count). The van der Waals surface area contributed by atoms with E-state index in [1.807, 2.05) is 44.2 Å². The van der Waals surface area contributed by atoms with Gasteiger partial charge in [0.25, 0.3) is 5.91 Å². The van der Waals surface area contributed by atoms with E-state index < -0.39 is 5.97 Å². The van der Waals surface area contributed by atoms with Crippen molar-refractivity contribution in [2.45, 2.75) is 13.8 Å². The van der Waals surface area contributed by atoms with Crippen molar-refractivity contribution in [2.24, 2.45) is 5.10 Å². The third-order valence-corrected chi connectivity index (χ3v) is 7.00. The van der Waals surface area contributed by atoms with Gasteiger partial charge in [-0.1, -0.05) is 17.7 Å². The summed E-state index contributed by atoms with van der Waals surface area (Å²) in [6.07, 6.45) is 1.48. The van der Waals surface area contributed by atoms with Gasteiger partial charge in [-0.2, -0.15) is 5.10 Å². The number of amides is 1. The predicted octanol–water partition coefficient (Wildman–Crippen LogP) is 5.93. The molecular weight excluding hydrogens is 500 g/mol. The van der Waals surface area contributed by atoms with Crippen molar-refractivity contribution in [2.75, 3.05) is 13.7 Å². The smallest absolute Gasteiger partial charge is 0.355 e. The molecule has 1 heterocycles. The van der Waals surface area contributed by atoms with E-state index in [9.17, 15) is 9.59 Å². The Balaban J connectivity index is 1.30. The summed E-state index contributed by atoms with van der Waals surface area (Å²) in [4.78, 5) is 25.0. The molecule has 0 unspecified atom stereocenters. The number of aryl methyl sites for hydroxylation is 2. The van der Waals surface area contributed by atoms with Gasteiger partial charge < -0.3 is 14.2 Å². The fraction of sp³-hybridized carbons (Fsp3) is 0.148. The van der Waals surface area contributed by atoms with E-state index in [0.29, 0.717) is 32.7 Å². The van der Waals surface area contributed by atoms with Crippen LogP contribution in [0.3, 0.4) is 0 Å². The van der Waals surface area contributed by atoms with Crippen molar-refractivity contribution < 1.29 is 23.8 Å². The summed E-state index contributed by atoms with van der Waals surface area (Å²) in [6, 6.07) is 17.8. The first-order valence-electron chi connectivity index (χ1n) is 10.9. The highest BCUT2D eigenvalue weighted by molar-refractivity contribution is 7.21. The average molecular weight is 523 g/mol. The molecule has 0 aliphatic rings. The molecule has 36 heavy (non-hydrogen) atoms. The number of carbonyl (C=O) groups is 2. The molecule has 0 atom stereocenters. The predicted molar refractivity (Wildman–Crippen MR) is 142 cm³/mol. The number of benzene rings is 3. The maximum atomic E-state index is 12.7. The minimum atomic E-state index is -0.544. The summed E-state index contributed by atoms with van der Waals surface area (Å²) in [7, 11) is 1.58. The highest BCUT2D eigenvalue weighted by atomic mass is 35.5. The van der Waals surface area contributed by atoms with Crippen LogP contribution in [-0.4, -0.2) is 31.8 Å². The Hall–Kier alpha value is -3.88. The third kappa shape index (κ3) is 6.02. The van der Waals surface area contributed by atoms with E-state index in [4.69, 9.17) is 25.8 Å². The van der Waals surface area contributed by atoms with E-state index in [1.54, 1.807) is 37.4 Å². The Morgan fingerprint density at radius 3 is 2.42 bits per heavy atom. The van der Waals surface area contributed by atoms with Gasteiger partial charge in [0.05, 0.1) is 18.3 Å². The van der Waals surface area contributed by atoms with Crippen LogP contribution in [0.1, 0.15) is 26.4 Å². The molecular formula is C27H23ClN2O5S. The van der Waals surface area contributed by atoms with Crippen molar-refractivity contribution in [1.29, 1.82) is 0 Å². The number of esters is 1. The second-order valence-electron chi connectivity index (χ2n) is 7.89. The van der Waals surface area contributed by atoms with E-state index in [2.05, 4.69) is 10.5 Å².